The molecule has 0 unspecified atom stereocenters. The van der Waals surface area contributed by atoms with Gasteiger partial charge in [-0.15, -0.1) is 11.3 Å². The van der Waals surface area contributed by atoms with Crippen LogP contribution >= 0.6 is 11.3 Å². The summed E-state index contributed by atoms with van der Waals surface area (Å²) in [7, 11) is 1.52. The Morgan fingerprint density at radius 3 is 2.68 bits per heavy atom. The summed E-state index contributed by atoms with van der Waals surface area (Å²) in [5.74, 6) is -1.45. The summed E-state index contributed by atoms with van der Waals surface area (Å²) in [6.45, 7) is -0.960. The Morgan fingerprint density at radius 1 is 1.14 bits per heavy atom. The maximum absolute atomic E-state index is 13.0. The molecule has 2 amide bonds. The molecule has 0 atom stereocenters. The maximum Gasteiger partial charge on any atom is 0.329 e. The third-order valence-electron chi connectivity index (χ3n) is 4.22. The van der Waals surface area contributed by atoms with Crippen LogP contribution in [0.15, 0.2) is 24.3 Å². The van der Waals surface area contributed by atoms with Gasteiger partial charge in [-0.25, -0.2) is 4.79 Å². The quantitative estimate of drug-likeness (QED) is 0.623. The number of para-hydroxylation sites is 2. The van der Waals surface area contributed by atoms with Crippen molar-refractivity contribution in [2.24, 2.45) is 0 Å². The van der Waals surface area contributed by atoms with Gasteiger partial charge in [0.1, 0.15) is 24.0 Å². The van der Waals surface area contributed by atoms with Gasteiger partial charge < -0.3 is 25.2 Å². The number of aliphatic carboxylic acids is 1. The zero-order chi connectivity index (χ0) is 20.1. The molecule has 1 aromatic heterocycles. The first-order valence-corrected chi connectivity index (χ1v) is 9.49. The highest BCUT2D eigenvalue weighted by atomic mass is 32.1. The Labute approximate surface area is 165 Å². The molecule has 8 nitrogen and oxygen atoms in total. The van der Waals surface area contributed by atoms with Crippen molar-refractivity contribution in [2.75, 3.05) is 31.0 Å². The van der Waals surface area contributed by atoms with Crippen molar-refractivity contribution in [3.8, 4) is 5.75 Å². The number of carbonyl (C=O) groups excluding carboxylic acids is 2. The predicted octanol–water partition coefficient (Wildman–Crippen LogP) is 2.54. The predicted molar refractivity (Wildman–Crippen MR) is 104 cm³/mol. The molecule has 9 heteroatoms. The zero-order valence-corrected chi connectivity index (χ0v) is 16.1. The minimum absolute atomic E-state index is 0.328. The standard InChI is InChI=1S/C19H20N2O6S/c1-26-13-7-3-2-6-12(13)20-18(25)17-11-5-4-8-14(11)28-19(17)21-15(22)9-27-10-16(23)24/h2-3,6-7H,4-5,8-10H2,1H3,(H,20,25)(H,21,22)(H,23,24). The van der Waals surface area contributed by atoms with Crippen LogP contribution in [0.1, 0.15) is 27.2 Å². The molecule has 0 aliphatic heterocycles. The zero-order valence-electron chi connectivity index (χ0n) is 15.2. The molecule has 1 aliphatic carbocycles. The van der Waals surface area contributed by atoms with Gasteiger partial charge in [-0.2, -0.15) is 0 Å². The molecule has 3 N–H and O–H groups in total. The number of nitrogens with one attached hydrogen (secondary N) is 2. The van der Waals surface area contributed by atoms with Crippen LogP contribution < -0.4 is 15.4 Å². The van der Waals surface area contributed by atoms with E-state index in [4.69, 9.17) is 14.6 Å². The molecule has 0 spiro atoms. The summed E-state index contributed by atoms with van der Waals surface area (Å²) in [4.78, 5) is 36.6. The fraction of sp³-hybridized carbons (Fsp3) is 0.316. The van der Waals surface area contributed by atoms with Crippen molar-refractivity contribution in [2.45, 2.75) is 19.3 Å². The number of aryl methyl sites for hydroxylation is 1. The second-order valence-corrected chi connectivity index (χ2v) is 7.26. The number of amides is 2. The Bertz CT molecular complexity index is 908. The van der Waals surface area contributed by atoms with Gasteiger partial charge in [0, 0.05) is 4.88 Å². The van der Waals surface area contributed by atoms with Crippen LogP contribution in [0.5, 0.6) is 5.75 Å². The lowest BCUT2D eigenvalue weighted by atomic mass is 10.1. The van der Waals surface area contributed by atoms with Gasteiger partial charge >= 0.3 is 5.97 Å². The minimum atomic E-state index is -1.15. The number of ether oxygens (including phenoxy) is 2. The molecular weight excluding hydrogens is 384 g/mol. The van der Waals surface area contributed by atoms with Crippen LogP contribution in [0.25, 0.3) is 0 Å². The molecule has 0 bridgehead atoms. The van der Waals surface area contributed by atoms with Gasteiger partial charge in [0.15, 0.2) is 0 Å². The smallest absolute Gasteiger partial charge is 0.329 e. The van der Waals surface area contributed by atoms with Crippen LogP contribution in [0.3, 0.4) is 0 Å². The molecule has 0 saturated heterocycles. The van der Waals surface area contributed by atoms with Gasteiger partial charge in [0.05, 0.1) is 18.4 Å². The van der Waals surface area contributed by atoms with Gasteiger partial charge in [-0.3, -0.25) is 9.59 Å². The first-order valence-electron chi connectivity index (χ1n) is 8.68. The van der Waals surface area contributed by atoms with E-state index >= 15 is 0 Å². The second-order valence-electron chi connectivity index (χ2n) is 6.15. The molecule has 1 aromatic carbocycles. The van der Waals surface area contributed by atoms with Gasteiger partial charge in [0.2, 0.25) is 0 Å². The van der Waals surface area contributed by atoms with Crippen molar-refractivity contribution in [1.82, 2.24) is 0 Å². The summed E-state index contributed by atoms with van der Waals surface area (Å²) in [6, 6.07) is 7.08. The Kier molecular flexibility index (Phi) is 6.27. The average Bonchev–Trinajstić information content (AvgIpc) is 3.22. The summed E-state index contributed by atoms with van der Waals surface area (Å²) in [5.41, 5.74) is 1.92. The van der Waals surface area contributed by atoms with E-state index in [-0.39, 0.29) is 5.91 Å². The van der Waals surface area contributed by atoms with Gasteiger partial charge in [-0.1, -0.05) is 12.1 Å². The van der Waals surface area contributed by atoms with Crippen molar-refractivity contribution >= 4 is 39.8 Å². The third kappa shape index (κ3) is 4.49. The molecule has 148 valence electrons. The molecule has 0 fully saturated rings. The normalized spacial score (nSPS) is 12.3. The lowest BCUT2D eigenvalue weighted by Gasteiger charge is -2.12. The number of benzene rings is 1. The summed E-state index contributed by atoms with van der Waals surface area (Å²) in [5, 5.41) is 14.5. The van der Waals surface area contributed by atoms with Gasteiger partial charge in [0.25, 0.3) is 11.8 Å². The van der Waals surface area contributed by atoms with Crippen molar-refractivity contribution in [3.05, 3.63) is 40.3 Å². The van der Waals surface area contributed by atoms with Crippen molar-refractivity contribution in [1.29, 1.82) is 0 Å². The van der Waals surface area contributed by atoms with E-state index in [1.807, 2.05) is 0 Å². The average molecular weight is 404 g/mol. The number of fused-ring (bicyclic) bond motifs is 1. The van der Waals surface area contributed by atoms with Crippen LogP contribution in [0.2, 0.25) is 0 Å². The number of carbonyl (C=O) groups is 3. The Morgan fingerprint density at radius 2 is 1.93 bits per heavy atom. The Balaban J connectivity index is 1.79. The van der Waals surface area contributed by atoms with E-state index in [0.717, 1.165) is 29.7 Å². The summed E-state index contributed by atoms with van der Waals surface area (Å²) < 4.78 is 10.1. The van der Waals surface area contributed by atoms with Crippen LogP contribution in [0, 0.1) is 0 Å². The van der Waals surface area contributed by atoms with E-state index in [2.05, 4.69) is 10.6 Å². The van der Waals surface area contributed by atoms with Crippen LogP contribution in [-0.4, -0.2) is 43.2 Å². The molecular formula is C19H20N2O6S. The highest BCUT2D eigenvalue weighted by Gasteiger charge is 2.28. The lowest BCUT2D eigenvalue weighted by Crippen LogP contribution is -2.22. The molecule has 0 saturated carbocycles. The Hall–Kier alpha value is -2.91. The molecule has 1 aliphatic rings. The minimum Gasteiger partial charge on any atom is -0.495 e. The maximum atomic E-state index is 13.0. The number of hydrogen-bond donors (Lipinski definition) is 3. The molecule has 1 heterocycles. The number of anilines is 2. The molecule has 28 heavy (non-hydrogen) atoms. The number of methoxy groups -OCH3 is 1. The first kappa shape index (κ1) is 19.8. The summed E-state index contributed by atoms with van der Waals surface area (Å²) in [6.07, 6.45) is 2.60. The second kappa shape index (κ2) is 8.85. The highest BCUT2D eigenvalue weighted by Crippen LogP contribution is 2.39. The van der Waals surface area contributed by atoms with Gasteiger partial charge in [-0.05, 0) is 37.0 Å². The lowest BCUT2D eigenvalue weighted by molar-refractivity contribution is -0.143. The van der Waals surface area contributed by atoms with E-state index < -0.39 is 25.1 Å². The van der Waals surface area contributed by atoms with Crippen molar-refractivity contribution < 1.29 is 29.0 Å². The number of hydrogen-bond acceptors (Lipinski definition) is 6. The topological polar surface area (TPSA) is 114 Å². The fourth-order valence-electron chi connectivity index (χ4n) is 3.06. The SMILES string of the molecule is COc1ccccc1NC(=O)c1c(NC(=O)COCC(=O)O)sc2c1CCC2. The monoisotopic (exact) mass is 404 g/mol. The third-order valence-corrected chi connectivity index (χ3v) is 5.42. The van der Waals surface area contributed by atoms with E-state index in [0.29, 0.717) is 22.0 Å². The molecule has 3 rings (SSSR count). The first-order chi connectivity index (χ1) is 13.5. The fourth-order valence-corrected chi connectivity index (χ4v) is 4.36. The number of rotatable bonds is 8. The summed E-state index contributed by atoms with van der Waals surface area (Å²) >= 11 is 1.37. The van der Waals surface area contributed by atoms with E-state index in [9.17, 15) is 14.4 Å². The van der Waals surface area contributed by atoms with E-state index in [1.54, 1.807) is 24.3 Å². The highest BCUT2D eigenvalue weighted by molar-refractivity contribution is 7.17. The number of carboxylic acid groups (broad SMARTS) is 1. The van der Waals surface area contributed by atoms with Crippen LogP contribution in [0.4, 0.5) is 10.7 Å². The van der Waals surface area contributed by atoms with E-state index in [1.165, 1.54) is 18.4 Å². The molecule has 0 radical (unpaired) electrons. The molecule has 2 aromatic rings. The number of thiophene rings is 1. The van der Waals surface area contributed by atoms with Crippen LogP contribution in [-0.2, 0) is 27.2 Å². The van der Waals surface area contributed by atoms with Crippen molar-refractivity contribution in [3.63, 3.8) is 0 Å². The largest absolute Gasteiger partial charge is 0.495 e. The number of carboxylic acids is 1.